The molecule has 1 aliphatic rings. The van der Waals surface area contributed by atoms with Crippen molar-refractivity contribution in [2.45, 2.75) is 19.3 Å². The van der Waals surface area contributed by atoms with Crippen LogP contribution in [0.25, 0.3) is 32.7 Å². The molecule has 49 heavy (non-hydrogen) atoms. The summed E-state index contributed by atoms with van der Waals surface area (Å²) in [6.07, 6.45) is 0. The van der Waals surface area contributed by atoms with Gasteiger partial charge in [-0.05, 0) is 104 Å². The third-order valence-electron chi connectivity index (χ3n) is 10.2. The second kappa shape index (κ2) is 11.5. The number of nitrogens with zero attached hydrogens (tertiary/aromatic N) is 2. The van der Waals surface area contributed by atoms with E-state index in [1.807, 2.05) is 0 Å². The van der Waals surface area contributed by atoms with E-state index in [2.05, 4.69) is 206 Å². The Morgan fingerprint density at radius 2 is 0.878 bits per heavy atom. The van der Waals surface area contributed by atoms with Gasteiger partial charge in [0.05, 0.1) is 11.4 Å². The maximum absolute atomic E-state index is 2.43. The highest BCUT2D eigenvalue weighted by Gasteiger charge is 2.36. The van der Waals surface area contributed by atoms with Crippen LogP contribution in [0.5, 0.6) is 0 Å². The second-order valence-corrected chi connectivity index (χ2v) is 13.5. The van der Waals surface area contributed by atoms with E-state index in [4.69, 9.17) is 0 Å². The predicted molar refractivity (Wildman–Crippen MR) is 208 cm³/mol. The quantitative estimate of drug-likeness (QED) is 0.187. The van der Waals surface area contributed by atoms with Crippen LogP contribution in [0, 0.1) is 0 Å². The Bertz CT molecular complexity index is 2360. The Morgan fingerprint density at radius 3 is 1.45 bits per heavy atom. The molecular formula is C47H36N2. The smallest absolute Gasteiger partial charge is 0.0502 e. The van der Waals surface area contributed by atoms with Crippen molar-refractivity contribution in [2.75, 3.05) is 9.80 Å². The average Bonchev–Trinajstić information content (AvgIpc) is 3.15. The minimum atomic E-state index is -0.0842. The number of hydrogen-bond acceptors (Lipinski definition) is 2. The summed E-state index contributed by atoms with van der Waals surface area (Å²) in [5.41, 5.74) is 12.0. The highest BCUT2D eigenvalue weighted by molar-refractivity contribution is 5.93. The van der Waals surface area contributed by atoms with Gasteiger partial charge in [0.25, 0.3) is 0 Å². The van der Waals surface area contributed by atoms with E-state index in [9.17, 15) is 0 Å². The normalized spacial score (nSPS) is 13.2. The Hall–Kier alpha value is -6.12. The molecule has 8 aromatic rings. The first-order chi connectivity index (χ1) is 24.0. The lowest BCUT2D eigenvalue weighted by Crippen LogP contribution is -2.30. The number of fused-ring (bicyclic) bond motifs is 4. The van der Waals surface area contributed by atoms with Gasteiger partial charge in [-0.3, -0.25) is 0 Å². The van der Waals surface area contributed by atoms with Crippen molar-refractivity contribution < 1.29 is 0 Å². The van der Waals surface area contributed by atoms with Crippen LogP contribution in [-0.4, -0.2) is 0 Å². The van der Waals surface area contributed by atoms with Gasteiger partial charge in [-0.2, -0.15) is 0 Å². The average molecular weight is 629 g/mol. The van der Waals surface area contributed by atoms with Crippen LogP contribution in [-0.2, 0) is 5.41 Å². The molecule has 234 valence electrons. The first-order valence-electron chi connectivity index (χ1n) is 17.0. The molecule has 1 aliphatic heterocycles. The van der Waals surface area contributed by atoms with Crippen molar-refractivity contribution >= 4 is 55.7 Å². The Balaban J connectivity index is 1.12. The van der Waals surface area contributed by atoms with Crippen LogP contribution in [0.3, 0.4) is 0 Å². The summed E-state index contributed by atoms with van der Waals surface area (Å²) >= 11 is 0. The fourth-order valence-corrected chi connectivity index (χ4v) is 7.65. The van der Waals surface area contributed by atoms with Gasteiger partial charge in [-0.15, -0.1) is 0 Å². The molecule has 8 aromatic carbocycles. The molecule has 2 heteroatoms. The van der Waals surface area contributed by atoms with E-state index in [1.54, 1.807) is 0 Å². The maximum atomic E-state index is 2.43. The maximum Gasteiger partial charge on any atom is 0.0502 e. The third kappa shape index (κ3) is 4.96. The van der Waals surface area contributed by atoms with Gasteiger partial charge in [0.2, 0.25) is 0 Å². The van der Waals surface area contributed by atoms with Crippen molar-refractivity contribution in [3.63, 3.8) is 0 Å². The highest BCUT2D eigenvalue weighted by Crippen LogP contribution is 2.52. The number of anilines is 6. The summed E-state index contributed by atoms with van der Waals surface area (Å²) in [6, 6.07) is 66.2. The molecule has 0 bridgehead atoms. The minimum Gasteiger partial charge on any atom is -0.310 e. The van der Waals surface area contributed by atoms with Gasteiger partial charge in [0, 0.05) is 28.2 Å². The lowest BCUT2D eigenvalue weighted by Gasteiger charge is -2.42. The Labute approximate surface area is 288 Å². The SMILES string of the molecule is CC1(C)c2ccccc2N(c2cccc(-c3ccc(N(c4ccc5ccccc5c4)c4ccc5ccccc5c4)cc3)c2)c2ccccc21. The van der Waals surface area contributed by atoms with Crippen molar-refractivity contribution in [3.8, 4) is 11.1 Å². The van der Waals surface area contributed by atoms with E-state index >= 15 is 0 Å². The van der Waals surface area contributed by atoms with Crippen LogP contribution in [0.4, 0.5) is 34.1 Å². The van der Waals surface area contributed by atoms with E-state index in [-0.39, 0.29) is 5.41 Å². The minimum absolute atomic E-state index is 0.0842. The third-order valence-corrected chi connectivity index (χ3v) is 10.2. The molecule has 0 unspecified atom stereocenters. The first-order valence-corrected chi connectivity index (χ1v) is 17.0. The van der Waals surface area contributed by atoms with Gasteiger partial charge >= 0.3 is 0 Å². The fraction of sp³-hybridized carbons (Fsp3) is 0.0638. The summed E-state index contributed by atoms with van der Waals surface area (Å²) < 4.78 is 0. The van der Waals surface area contributed by atoms with Gasteiger partial charge in [0.15, 0.2) is 0 Å². The van der Waals surface area contributed by atoms with E-state index in [1.165, 1.54) is 55.2 Å². The van der Waals surface area contributed by atoms with Gasteiger partial charge < -0.3 is 9.80 Å². The van der Waals surface area contributed by atoms with Crippen LogP contribution in [0.1, 0.15) is 25.0 Å². The predicted octanol–water partition coefficient (Wildman–Crippen LogP) is 13.2. The molecular weight excluding hydrogens is 593 g/mol. The molecule has 0 aliphatic carbocycles. The number of hydrogen-bond donors (Lipinski definition) is 0. The molecule has 0 saturated carbocycles. The molecule has 0 saturated heterocycles. The molecule has 0 spiro atoms. The van der Waals surface area contributed by atoms with E-state index in [0.29, 0.717) is 0 Å². The molecule has 0 fully saturated rings. The molecule has 0 radical (unpaired) electrons. The van der Waals surface area contributed by atoms with Crippen molar-refractivity contribution in [1.82, 2.24) is 0 Å². The highest BCUT2D eigenvalue weighted by atomic mass is 15.2. The summed E-state index contributed by atoms with van der Waals surface area (Å²) in [7, 11) is 0. The standard InChI is InChI=1S/C47H36N2/c1-47(2)43-18-7-9-20-45(43)49(46-21-10-8-19-44(46)47)40-17-11-16-38(30-40)35-22-26-39(27-23-35)48(41-28-24-33-12-3-5-14-36(33)31-41)42-29-25-34-13-4-6-15-37(34)32-42/h3-32H,1-2H3. The molecule has 2 nitrogen and oxygen atoms in total. The molecule has 0 atom stereocenters. The van der Waals surface area contributed by atoms with Crippen LogP contribution < -0.4 is 9.80 Å². The van der Waals surface area contributed by atoms with Gasteiger partial charge in [0.1, 0.15) is 0 Å². The fourth-order valence-electron chi connectivity index (χ4n) is 7.65. The Kier molecular flexibility index (Phi) is 6.84. The van der Waals surface area contributed by atoms with Crippen LogP contribution in [0.15, 0.2) is 182 Å². The lowest BCUT2D eigenvalue weighted by atomic mass is 9.73. The largest absolute Gasteiger partial charge is 0.310 e. The summed E-state index contributed by atoms with van der Waals surface area (Å²) in [6.45, 7) is 4.66. The molecule has 0 N–H and O–H groups in total. The van der Waals surface area contributed by atoms with E-state index < -0.39 is 0 Å². The zero-order chi connectivity index (χ0) is 33.0. The lowest BCUT2D eigenvalue weighted by molar-refractivity contribution is 0.632. The topological polar surface area (TPSA) is 6.48 Å². The second-order valence-electron chi connectivity index (χ2n) is 13.5. The van der Waals surface area contributed by atoms with Crippen molar-refractivity contribution in [3.05, 3.63) is 193 Å². The number of para-hydroxylation sites is 2. The van der Waals surface area contributed by atoms with Gasteiger partial charge in [-0.25, -0.2) is 0 Å². The van der Waals surface area contributed by atoms with Crippen molar-refractivity contribution in [1.29, 1.82) is 0 Å². The zero-order valence-electron chi connectivity index (χ0n) is 27.7. The number of rotatable bonds is 5. The molecule has 1 heterocycles. The summed E-state index contributed by atoms with van der Waals surface area (Å²) in [5.74, 6) is 0. The van der Waals surface area contributed by atoms with Crippen molar-refractivity contribution in [2.24, 2.45) is 0 Å². The van der Waals surface area contributed by atoms with Gasteiger partial charge in [-0.1, -0.05) is 135 Å². The summed E-state index contributed by atoms with van der Waals surface area (Å²) in [4.78, 5) is 4.79. The molecule has 0 aromatic heterocycles. The van der Waals surface area contributed by atoms with Crippen LogP contribution >= 0.6 is 0 Å². The van der Waals surface area contributed by atoms with E-state index in [0.717, 1.165) is 22.7 Å². The monoisotopic (exact) mass is 628 g/mol. The summed E-state index contributed by atoms with van der Waals surface area (Å²) in [5, 5.41) is 4.93. The number of benzene rings is 8. The van der Waals surface area contributed by atoms with Crippen LogP contribution in [0.2, 0.25) is 0 Å². The zero-order valence-corrected chi connectivity index (χ0v) is 27.7. The molecule has 9 rings (SSSR count). The Morgan fingerprint density at radius 1 is 0.388 bits per heavy atom. The molecule has 0 amide bonds. The first kappa shape index (κ1) is 29.1.